The first kappa shape index (κ1) is 24.3. The maximum Gasteiger partial charge on any atom is 0.355 e. The van der Waals surface area contributed by atoms with Gasteiger partial charge in [-0.2, -0.15) is 0 Å². The van der Waals surface area contributed by atoms with E-state index in [1.165, 1.54) is 18.5 Å². The number of para-hydroxylation sites is 1. The smallest absolute Gasteiger partial charge is 0.355 e. The van der Waals surface area contributed by atoms with Crippen LogP contribution in [0.5, 0.6) is 5.75 Å². The van der Waals surface area contributed by atoms with Crippen molar-refractivity contribution in [2.75, 3.05) is 48.0 Å². The summed E-state index contributed by atoms with van der Waals surface area (Å²) >= 11 is 11.9. The first-order valence-corrected chi connectivity index (χ1v) is 11.3. The third-order valence-corrected chi connectivity index (χ3v) is 5.79. The number of nitrogens with zero attached hydrogens (tertiary/aromatic N) is 5. The van der Waals surface area contributed by atoms with Crippen LogP contribution in [0.2, 0.25) is 10.0 Å². The highest BCUT2D eigenvalue weighted by molar-refractivity contribution is 6.35. The normalized spacial score (nSPS) is 13.3. The summed E-state index contributed by atoms with van der Waals surface area (Å²) in [5, 5.41) is 12.6. The van der Waals surface area contributed by atoms with Crippen LogP contribution in [0, 0.1) is 10.1 Å². The Kier molecular flexibility index (Phi) is 7.68. The molecule has 0 aliphatic carbocycles. The van der Waals surface area contributed by atoms with E-state index in [2.05, 4.69) is 25.7 Å². The van der Waals surface area contributed by atoms with Crippen molar-refractivity contribution in [1.29, 1.82) is 0 Å². The van der Waals surface area contributed by atoms with Crippen LogP contribution in [0.15, 0.2) is 54.9 Å². The summed E-state index contributed by atoms with van der Waals surface area (Å²) in [6.07, 6.45) is 1.21. The van der Waals surface area contributed by atoms with E-state index in [1.54, 1.807) is 6.07 Å². The molecule has 13 heteroatoms. The van der Waals surface area contributed by atoms with Crippen molar-refractivity contribution in [2.45, 2.75) is 0 Å². The largest absolute Gasteiger partial charge is 0.482 e. The summed E-state index contributed by atoms with van der Waals surface area (Å²) in [4.78, 5) is 35.6. The number of ether oxygens (including phenoxy) is 1. The molecule has 0 bridgehead atoms. The number of carbonyl (C=O) groups is 1. The minimum Gasteiger partial charge on any atom is -0.482 e. The van der Waals surface area contributed by atoms with Crippen LogP contribution in [0.4, 0.5) is 23.0 Å². The molecule has 1 amide bonds. The molecule has 3 aromatic rings. The van der Waals surface area contributed by atoms with Gasteiger partial charge in [-0.1, -0.05) is 41.4 Å². The number of aromatic nitrogens is 2. The fourth-order valence-corrected chi connectivity index (χ4v) is 4.04. The Morgan fingerprint density at radius 2 is 1.77 bits per heavy atom. The SMILES string of the molecule is O=C(COc1ccc(Cl)cc1Cl)NNc1ncnc(N2CCN(c3ccccc3)CC2)c1[N+](=O)[O-]. The highest BCUT2D eigenvalue weighted by Gasteiger charge is 2.29. The number of rotatable bonds is 8. The number of anilines is 3. The van der Waals surface area contributed by atoms with Crippen LogP contribution in [0.25, 0.3) is 0 Å². The Balaban J connectivity index is 1.39. The van der Waals surface area contributed by atoms with Crippen molar-refractivity contribution in [3.05, 3.63) is 75.0 Å². The lowest BCUT2D eigenvalue weighted by atomic mass is 10.2. The average Bonchev–Trinajstić information content (AvgIpc) is 2.87. The predicted molar refractivity (Wildman–Crippen MR) is 133 cm³/mol. The second-order valence-corrected chi connectivity index (χ2v) is 8.34. The van der Waals surface area contributed by atoms with Crippen LogP contribution in [0.3, 0.4) is 0 Å². The summed E-state index contributed by atoms with van der Waals surface area (Å²) in [7, 11) is 0. The maximum absolute atomic E-state index is 12.2. The molecule has 1 aromatic heterocycles. The molecule has 4 rings (SSSR count). The van der Waals surface area contributed by atoms with E-state index < -0.39 is 10.8 Å². The van der Waals surface area contributed by atoms with Gasteiger partial charge in [0, 0.05) is 36.9 Å². The molecule has 0 atom stereocenters. The lowest BCUT2D eigenvalue weighted by Gasteiger charge is -2.36. The van der Waals surface area contributed by atoms with E-state index in [4.69, 9.17) is 27.9 Å². The first-order chi connectivity index (χ1) is 16.9. The van der Waals surface area contributed by atoms with Crippen molar-refractivity contribution < 1.29 is 14.5 Å². The molecule has 0 saturated carbocycles. The number of piperazine rings is 1. The summed E-state index contributed by atoms with van der Waals surface area (Å²) in [6, 6.07) is 14.5. The molecule has 1 aliphatic rings. The van der Waals surface area contributed by atoms with Gasteiger partial charge in [0.05, 0.1) is 9.95 Å². The maximum atomic E-state index is 12.2. The molecule has 11 nitrogen and oxygen atoms in total. The van der Waals surface area contributed by atoms with Gasteiger partial charge in [0.15, 0.2) is 6.61 Å². The van der Waals surface area contributed by atoms with Gasteiger partial charge in [-0.3, -0.25) is 25.8 Å². The van der Waals surface area contributed by atoms with Gasteiger partial charge in [0.2, 0.25) is 11.6 Å². The summed E-state index contributed by atoms with van der Waals surface area (Å²) < 4.78 is 5.36. The van der Waals surface area contributed by atoms with E-state index in [-0.39, 0.29) is 34.7 Å². The quantitative estimate of drug-likeness (QED) is 0.340. The van der Waals surface area contributed by atoms with E-state index in [9.17, 15) is 14.9 Å². The van der Waals surface area contributed by atoms with Crippen LogP contribution in [-0.4, -0.2) is 53.6 Å². The molecule has 35 heavy (non-hydrogen) atoms. The zero-order valence-corrected chi connectivity index (χ0v) is 19.9. The molecule has 0 unspecified atom stereocenters. The minimum absolute atomic E-state index is 0.136. The van der Waals surface area contributed by atoms with Gasteiger partial charge >= 0.3 is 5.69 Å². The van der Waals surface area contributed by atoms with Crippen molar-refractivity contribution in [3.63, 3.8) is 0 Å². The molecule has 2 aromatic carbocycles. The number of hydrogen-bond acceptors (Lipinski definition) is 9. The fourth-order valence-electron chi connectivity index (χ4n) is 3.58. The standard InChI is InChI=1S/C22H21Cl2N7O4/c23-15-6-7-18(17(24)12-15)35-13-19(32)27-28-21-20(31(33)34)22(26-14-25-21)30-10-8-29(9-11-30)16-4-2-1-3-5-16/h1-7,12,14H,8-11,13H2,(H,27,32)(H,25,26,28). The number of nitrogens with one attached hydrogen (secondary N) is 2. The van der Waals surface area contributed by atoms with Gasteiger partial charge in [0.1, 0.15) is 12.1 Å². The molecule has 1 saturated heterocycles. The van der Waals surface area contributed by atoms with Crippen molar-refractivity contribution >= 4 is 52.1 Å². The minimum atomic E-state index is -0.595. The van der Waals surface area contributed by atoms with Crippen molar-refractivity contribution in [2.24, 2.45) is 0 Å². The zero-order chi connectivity index (χ0) is 24.8. The van der Waals surface area contributed by atoms with Crippen LogP contribution in [-0.2, 0) is 4.79 Å². The molecule has 0 spiro atoms. The fraction of sp³-hybridized carbons (Fsp3) is 0.227. The second-order valence-electron chi connectivity index (χ2n) is 7.50. The first-order valence-electron chi connectivity index (χ1n) is 10.6. The third-order valence-electron chi connectivity index (χ3n) is 5.26. The average molecular weight is 518 g/mol. The third kappa shape index (κ3) is 6.00. The van der Waals surface area contributed by atoms with E-state index in [0.717, 1.165) is 5.69 Å². The Bertz CT molecular complexity index is 1210. The molecule has 182 valence electrons. The summed E-state index contributed by atoms with van der Waals surface area (Å²) in [5.41, 5.74) is 5.62. The van der Waals surface area contributed by atoms with Crippen LogP contribution < -0.4 is 25.4 Å². The Morgan fingerprint density at radius 1 is 1.06 bits per heavy atom. The van der Waals surface area contributed by atoms with Crippen molar-refractivity contribution in [3.8, 4) is 5.75 Å². The number of amides is 1. The number of hydrazine groups is 1. The van der Waals surface area contributed by atoms with Gasteiger partial charge < -0.3 is 14.5 Å². The number of benzene rings is 2. The van der Waals surface area contributed by atoms with E-state index in [0.29, 0.717) is 31.2 Å². The molecule has 2 heterocycles. The number of nitro groups is 1. The van der Waals surface area contributed by atoms with Gasteiger partial charge in [-0.15, -0.1) is 0 Å². The van der Waals surface area contributed by atoms with Crippen LogP contribution in [0.1, 0.15) is 0 Å². The highest BCUT2D eigenvalue weighted by atomic mass is 35.5. The monoisotopic (exact) mass is 517 g/mol. The molecule has 1 aliphatic heterocycles. The highest BCUT2D eigenvalue weighted by Crippen LogP contribution is 2.32. The molecular formula is C22H21Cl2N7O4. The summed E-state index contributed by atoms with van der Waals surface area (Å²) in [5.74, 6) is -0.278. The topological polar surface area (TPSA) is 126 Å². The van der Waals surface area contributed by atoms with E-state index >= 15 is 0 Å². The number of carbonyl (C=O) groups excluding carboxylic acids is 1. The van der Waals surface area contributed by atoms with Gasteiger partial charge in [0.25, 0.3) is 5.91 Å². The van der Waals surface area contributed by atoms with Gasteiger partial charge in [-0.05, 0) is 30.3 Å². The summed E-state index contributed by atoms with van der Waals surface area (Å²) in [6.45, 7) is 2.04. The zero-order valence-electron chi connectivity index (χ0n) is 18.4. The van der Waals surface area contributed by atoms with Crippen LogP contribution >= 0.6 is 23.2 Å². The molecule has 2 N–H and O–H groups in total. The Labute approximate surface area is 210 Å². The molecule has 1 fully saturated rings. The Hall–Kier alpha value is -3.83. The molecular weight excluding hydrogens is 497 g/mol. The van der Waals surface area contributed by atoms with E-state index in [1.807, 2.05) is 35.2 Å². The van der Waals surface area contributed by atoms with Crippen molar-refractivity contribution in [1.82, 2.24) is 15.4 Å². The number of halogens is 2. The van der Waals surface area contributed by atoms with Gasteiger partial charge in [-0.25, -0.2) is 9.97 Å². The predicted octanol–water partition coefficient (Wildman–Crippen LogP) is 3.54. The lowest BCUT2D eigenvalue weighted by molar-refractivity contribution is -0.383. The lowest BCUT2D eigenvalue weighted by Crippen LogP contribution is -2.47. The molecule has 0 radical (unpaired) electrons. The Morgan fingerprint density at radius 3 is 2.46 bits per heavy atom. The second kappa shape index (κ2) is 11.1. The number of hydrogen-bond donors (Lipinski definition) is 2.